The lowest BCUT2D eigenvalue weighted by Gasteiger charge is -2.17. The summed E-state index contributed by atoms with van der Waals surface area (Å²) in [6.45, 7) is 7.87. The summed E-state index contributed by atoms with van der Waals surface area (Å²) in [5.74, 6) is 0.386. The lowest BCUT2D eigenvalue weighted by atomic mass is 10.0. The largest absolute Gasteiger partial charge is 0.350 e. The highest BCUT2D eigenvalue weighted by molar-refractivity contribution is 7.14. The van der Waals surface area contributed by atoms with E-state index in [9.17, 15) is 9.59 Å². The van der Waals surface area contributed by atoms with Crippen LogP contribution in [0.5, 0.6) is 0 Å². The molecule has 1 aromatic carbocycles. The molecular formula is C21H27N3O2S. The second kappa shape index (κ2) is 10.0. The van der Waals surface area contributed by atoms with Crippen LogP contribution in [0.15, 0.2) is 41.8 Å². The Kier molecular flexibility index (Phi) is 7.73. The zero-order valence-electron chi connectivity index (χ0n) is 16.3. The molecule has 144 valence electrons. The summed E-state index contributed by atoms with van der Waals surface area (Å²) >= 11 is 1.37. The molecule has 0 bridgehead atoms. The van der Waals surface area contributed by atoms with Gasteiger partial charge in [0, 0.05) is 24.4 Å². The Morgan fingerprint density at radius 1 is 1.19 bits per heavy atom. The third-order valence-electron chi connectivity index (χ3n) is 4.00. The van der Waals surface area contributed by atoms with Gasteiger partial charge in [-0.15, -0.1) is 11.3 Å². The molecule has 6 heteroatoms. The standard InChI is InChI=1S/C21H27N3O2S/c1-15(2)10-11-16(3)22-20(26)13-12-18-14-27-21(23-18)24(17(4)25)19-8-6-5-7-9-19/h5-9,12-16H,10-11H2,1-4H3,(H,22,26)/b13-12+/t16-/m0/s1. The highest BCUT2D eigenvalue weighted by Gasteiger charge is 2.17. The minimum Gasteiger partial charge on any atom is -0.350 e. The molecule has 0 saturated heterocycles. The Morgan fingerprint density at radius 3 is 2.52 bits per heavy atom. The Morgan fingerprint density at radius 2 is 1.89 bits per heavy atom. The summed E-state index contributed by atoms with van der Waals surface area (Å²) in [5.41, 5.74) is 1.42. The van der Waals surface area contributed by atoms with Crippen LogP contribution in [-0.4, -0.2) is 22.8 Å². The van der Waals surface area contributed by atoms with Gasteiger partial charge in [0.05, 0.1) is 11.4 Å². The summed E-state index contributed by atoms with van der Waals surface area (Å²) in [7, 11) is 0. The van der Waals surface area contributed by atoms with Crippen molar-refractivity contribution in [3.05, 3.63) is 47.5 Å². The van der Waals surface area contributed by atoms with Gasteiger partial charge in [-0.1, -0.05) is 32.0 Å². The van der Waals surface area contributed by atoms with E-state index < -0.39 is 0 Å². The van der Waals surface area contributed by atoms with Gasteiger partial charge in [-0.2, -0.15) is 0 Å². The van der Waals surface area contributed by atoms with Crippen LogP contribution in [-0.2, 0) is 9.59 Å². The molecule has 1 heterocycles. The average Bonchev–Trinajstić information content (AvgIpc) is 3.07. The van der Waals surface area contributed by atoms with Gasteiger partial charge in [-0.3, -0.25) is 14.5 Å². The van der Waals surface area contributed by atoms with Crippen LogP contribution in [0, 0.1) is 5.92 Å². The molecule has 2 amide bonds. The number of aromatic nitrogens is 1. The zero-order valence-corrected chi connectivity index (χ0v) is 17.1. The number of carbonyl (C=O) groups excluding carboxylic acids is 2. The second-order valence-corrected chi connectivity index (χ2v) is 7.80. The maximum absolute atomic E-state index is 12.1. The van der Waals surface area contributed by atoms with Crippen molar-refractivity contribution in [2.45, 2.75) is 46.6 Å². The zero-order chi connectivity index (χ0) is 19.8. The predicted molar refractivity (Wildman–Crippen MR) is 112 cm³/mol. The van der Waals surface area contributed by atoms with Gasteiger partial charge in [0.15, 0.2) is 5.13 Å². The van der Waals surface area contributed by atoms with Crippen molar-refractivity contribution in [1.29, 1.82) is 0 Å². The molecule has 2 rings (SSSR count). The number of nitrogens with one attached hydrogen (secondary N) is 1. The maximum atomic E-state index is 12.1. The van der Waals surface area contributed by atoms with Crippen molar-refractivity contribution in [3.63, 3.8) is 0 Å². The number of para-hydroxylation sites is 1. The van der Waals surface area contributed by atoms with Crippen molar-refractivity contribution < 1.29 is 9.59 Å². The first-order valence-corrected chi connectivity index (χ1v) is 10.0. The quantitative estimate of drug-likeness (QED) is 0.665. The van der Waals surface area contributed by atoms with Crippen molar-refractivity contribution in [2.75, 3.05) is 4.90 Å². The molecule has 0 unspecified atom stereocenters. The smallest absolute Gasteiger partial charge is 0.244 e. The fraction of sp³-hybridized carbons (Fsp3) is 0.381. The lowest BCUT2D eigenvalue weighted by molar-refractivity contribution is -0.117. The molecule has 0 fully saturated rings. The number of nitrogens with zero attached hydrogens (tertiary/aromatic N) is 2. The number of anilines is 2. The number of thiazole rings is 1. The summed E-state index contributed by atoms with van der Waals surface area (Å²) in [4.78, 5) is 30.2. The number of hydrogen-bond acceptors (Lipinski definition) is 4. The SMILES string of the molecule is CC(=O)N(c1ccccc1)c1nc(/C=C/C(=O)N[C@@H](C)CCC(C)C)cs1. The number of carbonyl (C=O) groups is 2. The number of rotatable bonds is 8. The van der Waals surface area contributed by atoms with Crippen LogP contribution in [0.25, 0.3) is 6.08 Å². The Labute approximate surface area is 165 Å². The fourth-order valence-electron chi connectivity index (χ4n) is 2.57. The molecule has 0 spiro atoms. The van der Waals surface area contributed by atoms with E-state index in [-0.39, 0.29) is 17.9 Å². The minimum atomic E-state index is -0.132. The van der Waals surface area contributed by atoms with E-state index in [1.807, 2.05) is 42.6 Å². The molecule has 1 aromatic heterocycles. The molecule has 0 aliphatic heterocycles. The second-order valence-electron chi connectivity index (χ2n) is 6.96. The van der Waals surface area contributed by atoms with E-state index in [0.29, 0.717) is 16.7 Å². The first kappa shape index (κ1) is 20.8. The van der Waals surface area contributed by atoms with E-state index in [2.05, 4.69) is 24.1 Å². The summed E-state index contributed by atoms with van der Waals surface area (Å²) < 4.78 is 0. The van der Waals surface area contributed by atoms with E-state index in [4.69, 9.17) is 0 Å². The maximum Gasteiger partial charge on any atom is 0.244 e. The van der Waals surface area contributed by atoms with Crippen LogP contribution >= 0.6 is 11.3 Å². The summed E-state index contributed by atoms with van der Waals surface area (Å²) in [5, 5.41) is 5.38. The molecule has 0 aliphatic carbocycles. The molecule has 5 nitrogen and oxygen atoms in total. The molecule has 27 heavy (non-hydrogen) atoms. The van der Waals surface area contributed by atoms with Gasteiger partial charge in [0.2, 0.25) is 11.8 Å². The monoisotopic (exact) mass is 385 g/mol. The van der Waals surface area contributed by atoms with Crippen molar-refractivity contribution in [3.8, 4) is 0 Å². The number of hydrogen-bond donors (Lipinski definition) is 1. The predicted octanol–water partition coefficient (Wildman–Crippen LogP) is 4.78. The van der Waals surface area contributed by atoms with Gasteiger partial charge in [-0.25, -0.2) is 4.98 Å². The van der Waals surface area contributed by atoms with Gasteiger partial charge < -0.3 is 5.32 Å². The van der Waals surface area contributed by atoms with Crippen molar-refractivity contribution in [2.24, 2.45) is 5.92 Å². The van der Waals surface area contributed by atoms with Crippen LogP contribution in [0.1, 0.15) is 46.2 Å². The fourth-order valence-corrected chi connectivity index (χ4v) is 3.42. The molecule has 0 radical (unpaired) electrons. The normalized spacial score (nSPS) is 12.3. The molecule has 2 aromatic rings. The Balaban J connectivity index is 2.01. The Hall–Kier alpha value is -2.47. The minimum absolute atomic E-state index is 0.109. The summed E-state index contributed by atoms with van der Waals surface area (Å²) in [6.07, 6.45) is 5.21. The van der Waals surface area contributed by atoms with Crippen LogP contribution in [0.2, 0.25) is 0 Å². The number of benzene rings is 1. The van der Waals surface area contributed by atoms with E-state index in [0.717, 1.165) is 18.5 Å². The molecule has 1 N–H and O–H groups in total. The third-order valence-corrected chi connectivity index (χ3v) is 4.85. The van der Waals surface area contributed by atoms with E-state index >= 15 is 0 Å². The van der Waals surface area contributed by atoms with Crippen molar-refractivity contribution >= 4 is 40.0 Å². The summed E-state index contributed by atoms with van der Waals surface area (Å²) in [6, 6.07) is 9.53. The molecule has 0 saturated carbocycles. The van der Waals surface area contributed by atoms with Gasteiger partial charge in [-0.05, 0) is 43.9 Å². The van der Waals surface area contributed by atoms with Crippen LogP contribution in [0.4, 0.5) is 10.8 Å². The van der Waals surface area contributed by atoms with Crippen molar-refractivity contribution in [1.82, 2.24) is 10.3 Å². The molecule has 0 aliphatic rings. The van der Waals surface area contributed by atoms with Crippen LogP contribution < -0.4 is 10.2 Å². The van der Waals surface area contributed by atoms with Gasteiger partial charge in [0.1, 0.15) is 0 Å². The van der Waals surface area contributed by atoms with Gasteiger partial charge in [0.25, 0.3) is 0 Å². The number of amides is 2. The highest BCUT2D eigenvalue weighted by Crippen LogP contribution is 2.28. The first-order valence-electron chi connectivity index (χ1n) is 9.16. The lowest BCUT2D eigenvalue weighted by Crippen LogP contribution is -2.31. The highest BCUT2D eigenvalue weighted by atomic mass is 32.1. The average molecular weight is 386 g/mol. The molecular weight excluding hydrogens is 358 g/mol. The van der Waals surface area contributed by atoms with E-state index in [1.54, 1.807) is 11.0 Å². The van der Waals surface area contributed by atoms with Crippen LogP contribution in [0.3, 0.4) is 0 Å². The first-order chi connectivity index (χ1) is 12.9. The molecule has 1 atom stereocenters. The third kappa shape index (κ3) is 6.64. The van der Waals surface area contributed by atoms with E-state index in [1.165, 1.54) is 24.3 Å². The Bertz CT molecular complexity index is 784. The topological polar surface area (TPSA) is 62.3 Å². The van der Waals surface area contributed by atoms with Gasteiger partial charge >= 0.3 is 0 Å².